The molecule has 0 aliphatic rings. The minimum Gasteiger partial charge on any atom is -0.465 e. The summed E-state index contributed by atoms with van der Waals surface area (Å²) in [6, 6.07) is 3.47. The molecule has 5 nitrogen and oxygen atoms in total. The molecule has 1 N–H and O–H groups in total. The van der Waals surface area contributed by atoms with E-state index in [1.54, 1.807) is 19.1 Å². The topological polar surface area (TPSA) is 70.5 Å². The van der Waals surface area contributed by atoms with E-state index in [1.165, 1.54) is 18.0 Å². The van der Waals surface area contributed by atoms with Crippen LogP contribution in [0.15, 0.2) is 18.3 Å². The van der Waals surface area contributed by atoms with Crippen molar-refractivity contribution in [2.75, 3.05) is 13.1 Å². The molecule has 1 rings (SSSR count). The Bertz CT molecular complexity index is 401. The highest BCUT2D eigenvalue weighted by Crippen LogP contribution is 2.03. The van der Waals surface area contributed by atoms with Crippen molar-refractivity contribution in [2.24, 2.45) is 0 Å². The maximum atomic E-state index is 11.0. The fourth-order valence-electron chi connectivity index (χ4n) is 1.42. The van der Waals surface area contributed by atoms with E-state index in [2.05, 4.69) is 4.98 Å². The van der Waals surface area contributed by atoms with Crippen LogP contribution in [0.25, 0.3) is 0 Å². The van der Waals surface area contributed by atoms with Gasteiger partial charge in [-0.15, -0.1) is 0 Å². The predicted octanol–water partition coefficient (Wildman–Crippen LogP) is 1.83. The van der Waals surface area contributed by atoms with Crippen LogP contribution < -0.4 is 0 Å². The Morgan fingerprint density at radius 1 is 1.41 bits per heavy atom. The quantitative estimate of drug-likeness (QED) is 0.792. The molecule has 1 aromatic heterocycles. The Morgan fingerprint density at radius 3 is 2.53 bits per heavy atom. The van der Waals surface area contributed by atoms with Gasteiger partial charge in [-0.2, -0.15) is 0 Å². The number of aromatic nitrogens is 1. The van der Waals surface area contributed by atoms with Crippen LogP contribution in [0.1, 0.15) is 29.9 Å². The second-order valence-electron chi connectivity index (χ2n) is 3.71. The molecule has 0 fully saturated rings. The number of likely N-dealkylation sites (N-methyl/N-ethyl adjacent to an activating group) is 1. The Balaban J connectivity index is 2.58. The lowest BCUT2D eigenvalue weighted by atomic mass is 10.2. The molecule has 0 bridgehead atoms. The molecule has 0 unspecified atom stereocenters. The van der Waals surface area contributed by atoms with E-state index in [0.717, 1.165) is 5.69 Å². The van der Waals surface area contributed by atoms with Crippen molar-refractivity contribution < 1.29 is 14.7 Å². The van der Waals surface area contributed by atoms with Crippen LogP contribution in [-0.2, 0) is 6.42 Å². The molecule has 92 valence electrons. The Kier molecular flexibility index (Phi) is 4.63. The zero-order valence-corrected chi connectivity index (χ0v) is 10.0. The lowest BCUT2D eigenvalue weighted by Gasteiger charge is -2.16. The number of hydrogen-bond acceptors (Lipinski definition) is 3. The summed E-state index contributed by atoms with van der Waals surface area (Å²) < 4.78 is 0. The van der Waals surface area contributed by atoms with Crippen molar-refractivity contribution in [3.63, 3.8) is 0 Å². The van der Waals surface area contributed by atoms with Gasteiger partial charge in [0.25, 0.3) is 0 Å². The maximum absolute atomic E-state index is 11.0. The van der Waals surface area contributed by atoms with Gasteiger partial charge in [0.15, 0.2) is 5.78 Å². The highest BCUT2D eigenvalue weighted by Gasteiger charge is 2.09. The van der Waals surface area contributed by atoms with Crippen molar-refractivity contribution in [3.8, 4) is 0 Å². The molecular weight excluding hydrogens is 220 g/mol. The second kappa shape index (κ2) is 5.98. The molecular formula is C12H16N2O3. The number of rotatable bonds is 5. The normalized spacial score (nSPS) is 10.0. The van der Waals surface area contributed by atoms with Gasteiger partial charge >= 0.3 is 6.09 Å². The van der Waals surface area contributed by atoms with Gasteiger partial charge in [0.05, 0.1) is 0 Å². The molecule has 17 heavy (non-hydrogen) atoms. The van der Waals surface area contributed by atoms with E-state index in [4.69, 9.17) is 5.11 Å². The van der Waals surface area contributed by atoms with Gasteiger partial charge in [0, 0.05) is 37.0 Å². The average Bonchev–Trinajstić information content (AvgIpc) is 2.30. The number of pyridine rings is 1. The summed E-state index contributed by atoms with van der Waals surface area (Å²) in [5.41, 5.74) is 1.36. The zero-order valence-electron chi connectivity index (χ0n) is 10.0. The first kappa shape index (κ1) is 13.2. The minimum atomic E-state index is -0.923. The smallest absolute Gasteiger partial charge is 0.407 e. The molecule has 0 radical (unpaired) electrons. The third kappa shape index (κ3) is 3.86. The molecule has 1 heterocycles. The van der Waals surface area contributed by atoms with Gasteiger partial charge in [-0.3, -0.25) is 9.78 Å². The van der Waals surface area contributed by atoms with Crippen LogP contribution >= 0.6 is 0 Å². The summed E-state index contributed by atoms with van der Waals surface area (Å²) >= 11 is 0. The summed E-state index contributed by atoms with van der Waals surface area (Å²) in [6.07, 6.45) is 1.15. The number of nitrogens with zero attached hydrogens (tertiary/aromatic N) is 2. The number of Topliss-reactive ketones (excluding diaryl/α,β-unsaturated/α-hetero) is 1. The number of carbonyl (C=O) groups is 2. The van der Waals surface area contributed by atoms with Crippen molar-refractivity contribution in [3.05, 3.63) is 29.6 Å². The number of ketones is 1. The van der Waals surface area contributed by atoms with Gasteiger partial charge in [0.1, 0.15) is 0 Å². The highest BCUT2D eigenvalue weighted by molar-refractivity contribution is 5.93. The lowest BCUT2D eigenvalue weighted by Crippen LogP contribution is -2.31. The lowest BCUT2D eigenvalue weighted by molar-refractivity contribution is 0.101. The third-order valence-corrected chi connectivity index (χ3v) is 2.52. The Labute approximate surface area is 100 Å². The van der Waals surface area contributed by atoms with Gasteiger partial charge in [-0.1, -0.05) is 0 Å². The number of amides is 1. The highest BCUT2D eigenvalue weighted by atomic mass is 16.4. The Hall–Kier alpha value is -1.91. The molecule has 0 aromatic carbocycles. The first-order valence-corrected chi connectivity index (χ1v) is 5.48. The molecule has 0 atom stereocenters. The largest absolute Gasteiger partial charge is 0.465 e. The van der Waals surface area contributed by atoms with Gasteiger partial charge in [0.2, 0.25) is 0 Å². The van der Waals surface area contributed by atoms with E-state index in [9.17, 15) is 9.59 Å². The van der Waals surface area contributed by atoms with Gasteiger partial charge < -0.3 is 10.0 Å². The molecule has 1 amide bonds. The monoisotopic (exact) mass is 236 g/mol. The first-order chi connectivity index (χ1) is 8.04. The maximum Gasteiger partial charge on any atom is 0.407 e. The molecule has 0 spiro atoms. The molecule has 0 saturated heterocycles. The fourth-order valence-corrected chi connectivity index (χ4v) is 1.42. The van der Waals surface area contributed by atoms with Crippen molar-refractivity contribution in [2.45, 2.75) is 20.3 Å². The molecule has 0 saturated carbocycles. The minimum absolute atomic E-state index is 0.0234. The second-order valence-corrected chi connectivity index (χ2v) is 3.71. The van der Waals surface area contributed by atoms with Crippen LogP contribution in [0.5, 0.6) is 0 Å². The standard InChI is InChI=1S/C12H16N2O3/c1-3-14(12(16)17)7-6-11-5-4-10(8-13-11)9(2)15/h4-5,8H,3,6-7H2,1-2H3,(H,16,17). The van der Waals surface area contributed by atoms with E-state index >= 15 is 0 Å². The third-order valence-electron chi connectivity index (χ3n) is 2.52. The zero-order chi connectivity index (χ0) is 12.8. The van der Waals surface area contributed by atoms with Crippen LogP contribution in [0.4, 0.5) is 4.79 Å². The van der Waals surface area contributed by atoms with E-state index in [0.29, 0.717) is 25.1 Å². The fraction of sp³-hybridized carbons (Fsp3) is 0.417. The van der Waals surface area contributed by atoms with Crippen LogP contribution in [0.3, 0.4) is 0 Å². The predicted molar refractivity (Wildman–Crippen MR) is 63.2 cm³/mol. The number of carbonyl (C=O) groups excluding carboxylic acids is 1. The van der Waals surface area contributed by atoms with Crippen molar-refractivity contribution in [1.82, 2.24) is 9.88 Å². The van der Waals surface area contributed by atoms with E-state index in [-0.39, 0.29) is 5.78 Å². The van der Waals surface area contributed by atoms with Crippen LogP contribution in [-0.4, -0.2) is 40.0 Å². The summed E-state index contributed by atoms with van der Waals surface area (Å²) in [5, 5.41) is 8.83. The summed E-state index contributed by atoms with van der Waals surface area (Å²) in [4.78, 5) is 27.2. The van der Waals surface area contributed by atoms with Gasteiger partial charge in [-0.05, 0) is 26.0 Å². The van der Waals surface area contributed by atoms with Gasteiger partial charge in [-0.25, -0.2) is 4.79 Å². The van der Waals surface area contributed by atoms with E-state index in [1.807, 2.05) is 0 Å². The molecule has 0 aliphatic carbocycles. The molecule has 1 aromatic rings. The van der Waals surface area contributed by atoms with Crippen molar-refractivity contribution in [1.29, 1.82) is 0 Å². The van der Waals surface area contributed by atoms with E-state index < -0.39 is 6.09 Å². The Morgan fingerprint density at radius 2 is 2.12 bits per heavy atom. The molecule has 0 aliphatic heterocycles. The SMILES string of the molecule is CCN(CCc1ccc(C(C)=O)cn1)C(=O)O. The van der Waals surface area contributed by atoms with Crippen LogP contribution in [0, 0.1) is 0 Å². The van der Waals surface area contributed by atoms with Crippen molar-refractivity contribution >= 4 is 11.9 Å². The molecule has 5 heteroatoms. The summed E-state index contributed by atoms with van der Waals surface area (Å²) in [7, 11) is 0. The summed E-state index contributed by atoms with van der Waals surface area (Å²) in [6.45, 7) is 4.15. The van der Waals surface area contributed by atoms with Crippen LogP contribution in [0.2, 0.25) is 0 Å². The first-order valence-electron chi connectivity index (χ1n) is 5.48. The summed E-state index contributed by atoms with van der Waals surface area (Å²) in [5.74, 6) is -0.0234. The average molecular weight is 236 g/mol. The number of hydrogen-bond donors (Lipinski definition) is 1. The number of carboxylic acid groups (broad SMARTS) is 1.